The Hall–Kier alpha value is -3.40. The van der Waals surface area contributed by atoms with E-state index in [0.29, 0.717) is 23.4 Å². The van der Waals surface area contributed by atoms with Gasteiger partial charge in [-0.05, 0) is 49.2 Å². The van der Waals surface area contributed by atoms with Crippen LogP contribution in [0.15, 0.2) is 42.5 Å². The van der Waals surface area contributed by atoms with Crippen LogP contribution in [-0.4, -0.2) is 52.2 Å². The van der Waals surface area contributed by atoms with E-state index in [-0.39, 0.29) is 17.2 Å². The van der Waals surface area contributed by atoms with Crippen molar-refractivity contribution >= 4 is 33.5 Å². The number of nitrogens with one attached hydrogen (secondary N) is 1. The molecule has 3 rings (SSSR count). The number of fused-ring (bicyclic) bond motifs is 1. The molecule has 1 N–H and O–H groups in total. The van der Waals surface area contributed by atoms with Gasteiger partial charge >= 0.3 is 5.97 Å². The molecule has 164 valence electrons. The number of anilines is 1. The third kappa shape index (κ3) is 4.85. The minimum Gasteiger partial charge on any atom is -0.496 e. The minimum atomic E-state index is -3.44. The zero-order chi connectivity index (χ0) is 22.8. The van der Waals surface area contributed by atoms with Gasteiger partial charge in [-0.25, -0.2) is 13.2 Å². The van der Waals surface area contributed by atoms with Crippen molar-refractivity contribution in [3.8, 4) is 5.75 Å². The molecule has 0 aromatic heterocycles. The van der Waals surface area contributed by atoms with E-state index in [9.17, 15) is 22.8 Å². The lowest BCUT2D eigenvalue weighted by molar-refractivity contribution is -0.123. The van der Waals surface area contributed by atoms with Crippen molar-refractivity contribution in [3.63, 3.8) is 0 Å². The molecule has 0 fully saturated rings. The molecule has 0 spiro atoms. The van der Waals surface area contributed by atoms with Gasteiger partial charge in [-0.1, -0.05) is 12.1 Å². The number of carbonyl (C=O) groups excluding carboxylic acids is 3. The molecule has 1 aliphatic rings. The molecule has 31 heavy (non-hydrogen) atoms. The first-order chi connectivity index (χ1) is 14.6. The number of methoxy groups -OCH3 is 1. The lowest BCUT2D eigenvalue weighted by Gasteiger charge is -2.21. The molecule has 0 radical (unpaired) electrons. The van der Waals surface area contributed by atoms with Crippen LogP contribution in [0.1, 0.15) is 33.2 Å². The number of carbonyl (C=O) groups is 3. The molecule has 0 saturated carbocycles. The number of imide groups is 1. The van der Waals surface area contributed by atoms with Gasteiger partial charge in [-0.3, -0.25) is 19.2 Å². The zero-order valence-electron chi connectivity index (χ0n) is 17.2. The first-order valence-electron chi connectivity index (χ1n) is 9.38. The van der Waals surface area contributed by atoms with Crippen LogP contribution in [0.3, 0.4) is 0 Å². The van der Waals surface area contributed by atoms with E-state index in [4.69, 9.17) is 9.47 Å². The Balaban J connectivity index is 1.62. The smallest absolute Gasteiger partial charge is 0.338 e. The predicted octanol–water partition coefficient (Wildman–Crippen LogP) is 1.52. The van der Waals surface area contributed by atoms with Crippen LogP contribution in [-0.2, 0) is 26.0 Å². The second-order valence-electron chi connectivity index (χ2n) is 7.11. The average Bonchev–Trinajstić information content (AvgIpc) is 3.06. The fourth-order valence-electron chi connectivity index (χ4n) is 3.51. The fourth-order valence-corrected chi connectivity index (χ4v) is 4.78. The molecular formula is C21H22N2O7S. The van der Waals surface area contributed by atoms with Crippen LogP contribution in [0.4, 0.5) is 5.69 Å². The number of rotatable bonds is 6. The first kappa shape index (κ1) is 22.3. The van der Waals surface area contributed by atoms with Gasteiger partial charge in [0, 0.05) is 6.04 Å². The van der Waals surface area contributed by atoms with Crippen LogP contribution < -0.4 is 14.4 Å². The van der Waals surface area contributed by atoms with Crippen LogP contribution >= 0.6 is 0 Å². The standard InChI is InChI=1S/C21H22N2O7S/c1-13-10-15-11-14(8-9-17(15)23(13)31(3,27)28)21(26)30-12-19(24)22-20(25)16-6-4-5-7-18(16)29-2/h4-9,11,13H,10,12H2,1-3H3,(H,22,24,25). The summed E-state index contributed by atoms with van der Waals surface area (Å²) >= 11 is 0. The van der Waals surface area contributed by atoms with Crippen molar-refractivity contribution in [2.45, 2.75) is 19.4 Å². The lowest BCUT2D eigenvalue weighted by atomic mass is 10.1. The Morgan fingerprint density at radius 3 is 2.55 bits per heavy atom. The maximum absolute atomic E-state index is 12.3. The summed E-state index contributed by atoms with van der Waals surface area (Å²) in [6.07, 6.45) is 1.59. The van der Waals surface area contributed by atoms with Crippen LogP contribution in [0, 0.1) is 0 Å². The van der Waals surface area contributed by atoms with Crippen molar-refractivity contribution < 1.29 is 32.3 Å². The molecule has 10 heteroatoms. The summed E-state index contributed by atoms with van der Waals surface area (Å²) in [6, 6.07) is 10.7. The summed E-state index contributed by atoms with van der Waals surface area (Å²) in [6.45, 7) is 1.13. The van der Waals surface area contributed by atoms with Gasteiger partial charge < -0.3 is 9.47 Å². The monoisotopic (exact) mass is 446 g/mol. The van der Waals surface area contributed by atoms with Gasteiger partial charge in [0.1, 0.15) is 5.75 Å². The van der Waals surface area contributed by atoms with E-state index in [1.165, 1.54) is 23.5 Å². The Labute approximate surface area is 180 Å². The van der Waals surface area contributed by atoms with Crippen molar-refractivity contribution in [1.29, 1.82) is 0 Å². The van der Waals surface area contributed by atoms with E-state index in [2.05, 4.69) is 5.32 Å². The molecule has 1 atom stereocenters. The maximum Gasteiger partial charge on any atom is 0.338 e. The lowest BCUT2D eigenvalue weighted by Crippen LogP contribution is -2.34. The summed E-state index contributed by atoms with van der Waals surface area (Å²) in [5.41, 5.74) is 1.58. The SMILES string of the molecule is COc1ccccc1C(=O)NC(=O)COC(=O)c1ccc2c(c1)CC(C)N2S(C)(=O)=O. The van der Waals surface area contributed by atoms with Crippen molar-refractivity contribution in [2.75, 3.05) is 24.3 Å². The Bertz CT molecular complexity index is 1140. The summed E-state index contributed by atoms with van der Waals surface area (Å²) in [5.74, 6) is -1.92. The summed E-state index contributed by atoms with van der Waals surface area (Å²) in [7, 11) is -2.03. The molecule has 0 saturated heterocycles. The van der Waals surface area contributed by atoms with Gasteiger partial charge in [0.2, 0.25) is 10.0 Å². The Morgan fingerprint density at radius 2 is 1.87 bits per heavy atom. The third-order valence-electron chi connectivity index (χ3n) is 4.76. The molecule has 1 aliphatic heterocycles. The van der Waals surface area contributed by atoms with E-state index >= 15 is 0 Å². The van der Waals surface area contributed by atoms with Gasteiger partial charge in [0.05, 0.1) is 30.2 Å². The molecule has 2 aromatic carbocycles. The van der Waals surface area contributed by atoms with E-state index in [1.54, 1.807) is 37.3 Å². The number of sulfonamides is 1. The van der Waals surface area contributed by atoms with E-state index in [0.717, 1.165) is 6.26 Å². The third-order valence-corrected chi connectivity index (χ3v) is 6.04. The molecule has 0 bridgehead atoms. The summed E-state index contributed by atoms with van der Waals surface area (Å²) in [4.78, 5) is 36.6. The maximum atomic E-state index is 12.3. The first-order valence-corrected chi connectivity index (χ1v) is 11.2. The van der Waals surface area contributed by atoms with Crippen LogP contribution in [0.25, 0.3) is 0 Å². The van der Waals surface area contributed by atoms with Gasteiger partial charge in [-0.2, -0.15) is 0 Å². The Kier molecular flexibility index (Phi) is 6.30. The molecule has 9 nitrogen and oxygen atoms in total. The van der Waals surface area contributed by atoms with Crippen LogP contribution in [0.2, 0.25) is 0 Å². The number of esters is 1. The van der Waals surface area contributed by atoms with Crippen LogP contribution in [0.5, 0.6) is 5.75 Å². The number of hydrogen-bond donors (Lipinski definition) is 1. The zero-order valence-corrected chi connectivity index (χ0v) is 18.1. The Morgan fingerprint density at radius 1 is 1.16 bits per heavy atom. The minimum absolute atomic E-state index is 0.174. The van der Waals surface area contributed by atoms with Crippen molar-refractivity contribution in [3.05, 3.63) is 59.2 Å². The molecule has 2 aromatic rings. The molecule has 1 unspecified atom stereocenters. The quantitative estimate of drug-likeness (QED) is 0.668. The summed E-state index contributed by atoms with van der Waals surface area (Å²) < 4.78 is 35.4. The molecular weight excluding hydrogens is 424 g/mol. The topological polar surface area (TPSA) is 119 Å². The van der Waals surface area contributed by atoms with Crippen molar-refractivity contribution in [1.82, 2.24) is 5.32 Å². The number of ether oxygens (including phenoxy) is 2. The highest BCUT2D eigenvalue weighted by Crippen LogP contribution is 2.34. The number of hydrogen-bond acceptors (Lipinski definition) is 7. The van der Waals surface area contributed by atoms with Gasteiger partial charge in [0.25, 0.3) is 11.8 Å². The summed E-state index contributed by atoms with van der Waals surface area (Å²) in [5, 5.41) is 2.14. The number of para-hydroxylation sites is 1. The number of amides is 2. The molecule has 0 aliphatic carbocycles. The van der Waals surface area contributed by atoms with Crippen molar-refractivity contribution in [2.24, 2.45) is 0 Å². The number of nitrogens with zero attached hydrogens (tertiary/aromatic N) is 1. The molecule has 1 heterocycles. The normalized spacial score (nSPS) is 15.2. The second-order valence-corrected chi connectivity index (χ2v) is 8.97. The highest BCUT2D eigenvalue weighted by atomic mass is 32.2. The fraction of sp³-hybridized carbons (Fsp3) is 0.286. The number of benzene rings is 2. The van der Waals surface area contributed by atoms with E-state index < -0.39 is 34.4 Å². The van der Waals surface area contributed by atoms with Gasteiger partial charge in [0.15, 0.2) is 6.61 Å². The largest absolute Gasteiger partial charge is 0.496 e. The van der Waals surface area contributed by atoms with E-state index in [1.807, 2.05) is 0 Å². The predicted molar refractivity (Wildman–Crippen MR) is 113 cm³/mol. The molecule has 2 amide bonds. The van der Waals surface area contributed by atoms with Gasteiger partial charge in [-0.15, -0.1) is 0 Å². The highest BCUT2D eigenvalue weighted by Gasteiger charge is 2.33. The second kappa shape index (κ2) is 8.76. The average molecular weight is 446 g/mol. The highest BCUT2D eigenvalue weighted by molar-refractivity contribution is 7.92.